The van der Waals surface area contributed by atoms with Crippen molar-refractivity contribution >= 4 is 5.97 Å². The molecule has 0 saturated carbocycles. The summed E-state index contributed by atoms with van der Waals surface area (Å²) in [5, 5.41) is 2.92. The predicted molar refractivity (Wildman–Crippen MR) is 66.0 cm³/mol. The van der Waals surface area contributed by atoms with Gasteiger partial charge in [0, 0.05) is 0 Å². The average Bonchev–Trinajstić information content (AvgIpc) is 2.28. The van der Waals surface area contributed by atoms with E-state index in [-0.39, 0.29) is 18.7 Å². The molecule has 0 rings (SSSR count). The second kappa shape index (κ2) is 8.44. The first-order valence-electron chi connectivity index (χ1n) is 6.01. The van der Waals surface area contributed by atoms with Gasteiger partial charge in [-0.25, -0.2) is 4.79 Å². The van der Waals surface area contributed by atoms with Crippen LogP contribution in [0.4, 0.5) is 0 Å². The molecule has 0 aliphatic heterocycles. The molecule has 0 spiro atoms. The molecule has 0 aromatic carbocycles. The Bertz CT molecular complexity index is 221. The van der Waals surface area contributed by atoms with E-state index in [9.17, 15) is 4.79 Å². The molecule has 0 radical (unpaired) electrons. The number of esters is 1. The van der Waals surface area contributed by atoms with Crippen LogP contribution in [-0.4, -0.2) is 51.1 Å². The number of carbonyl (C=O) groups excluding carboxylic acids is 1. The van der Waals surface area contributed by atoms with Gasteiger partial charge in [0.15, 0.2) is 0 Å². The average molecular weight is 247 g/mol. The van der Waals surface area contributed by atoms with E-state index in [0.717, 1.165) is 0 Å². The van der Waals surface area contributed by atoms with Crippen LogP contribution < -0.4 is 5.32 Å². The lowest BCUT2D eigenvalue weighted by molar-refractivity contribution is -0.153. The Hall–Kier alpha value is -0.650. The van der Waals surface area contributed by atoms with Gasteiger partial charge in [-0.15, -0.1) is 0 Å². The van der Waals surface area contributed by atoms with Crippen molar-refractivity contribution in [2.24, 2.45) is 0 Å². The maximum Gasteiger partial charge on any atom is 0.328 e. The van der Waals surface area contributed by atoms with Crippen molar-refractivity contribution in [3.8, 4) is 0 Å². The summed E-state index contributed by atoms with van der Waals surface area (Å²) in [6, 6.07) is 0. The minimum Gasteiger partial charge on any atom is -0.465 e. The lowest BCUT2D eigenvalue weighted by atomic mass is 10.1. The molecule has 5 nitrogen and oxygen atoms in total. The van der Waals surface area contributed by atoms with Crippen molar-refractivity contribution in [1.29, 1.82) is 0 Å². The van der Waals surface area contributed by atoms with E-state index >= 15 is 0 Å². The largest absolute Gasteiger partial charge is 0.465 e. The highest BCUT2D eigenvalue weighted by molar-refractivity contribution is 5.80. The highest BCUT2D eigenvalue weighted by atomic mass is 16.5. The Kier molecular flexibility index (Phi) is 8.12. The summed E-state index contributed by atoms with van der Waals surface area (Å²) in [4.78, 5) is 11.7. The third-order valence-corrected chi connectivity index (χ3v) is 2.35. The third kappa shape index (κ3) is 6.61. The Labute approximate surface area is 104 Å². The molecule has 5 heteroatoms. The zero-order valence-corrected chi connectivity index (χ0v) is 11.5. The van der Waals surface area contributed by atoms with Gasteiger partial charge in [0.05, 0.1) is 32.5 Å². The standard InChI is InChI=1S/C12H25NO4/c1-6-16-11(14)12(4,13-5)9-15-7-8-17-10(2)3/h10,13H,6-9H2,1-5H3. The predicted octanol–water partition coefficient (Wildman–Crippen LogP) is 0.969. The maximum atomic E-state index is 11.7. The zero-order chi connectivity index (χ0) is 13.3. The van der Waals surface area contributed by atoms with Crippen LogP contribution in [0.1, 0.15) is 27.7 Å². The van der Waals surface area contributed by atoms with Gasteiger partial charge in [0.1, 0.15) is 5.54 Å². The second-order valence-electron chi connectivity index (χ2n) is 4.27. The molecule has 1 N–H and O–H groups in total. The molecule has 17 heavy (non-hydrogen) atoms. The highest BCUT2D eigenvalue weighted by Gasteiger charge is 2.33. The summed E-state index contributed by atoms with van der Waals surface area (Å²) in [6.07, 6.45) is 0.194. The van der Waals surface area contributed by atoms with E-state index in [2.05, 4.69) is 5.32 Å². The van der Waals surface area contributed by atoms with Crippen LogP contribution in [-0.2, 0) is 19.0 Å². The summed E-state index contributed by atoms with van der Waals surface area (Å²) < 4.78 is 15.7. The van der Waals surface area contributed by atoms with Gasteiger partial charge in [-0.05, 0) is 34.7 Å². The van der Waals surface area contributed by atoms with E-state index in [1.807, 2.05) is 13.8 Å². The molecule has 0 aliphatic carbocycles. The smallest absolute Gasteiger partial charge is 0.328 e. The Morgan fingerprint density at radius 3 is 2.47 bits per heavy atom. The van der Waals surface area contributed by atoms with Gasteiger partial charge < -0.3 is 19.5 Å². The van der Waals surface area contributed by atoms with Crippen molar-refractivity contribution in [3.05, 3.63) is 0 Å². The summed E-state index contributed by atoms with van der Waals surface area (Å²) in [5.74, 6) is -0.299. The van der Waals surface area contributed by atoms with Crippen molar-refractivity contribution in [2.45, 2.75) is 39.3 Å². The quantitative estimate of drug-likeness (QED) is 0.486. The molecule has 102 valence electrons. The normalized spacial score (nSPS) is 14.7. The molecule has 0 fully saturated rings. The summed E-state index contributed by atoms with van der Waals surface area (Å²) >= 11 is 0. The van der Waals surface area contributed by atoms with Crippen molar-refractivity contribution < 1.29 is 19.0 Å². The van der Waals surface area contributed by atoms with E-state index in [1.54, 1.807) is 20.9 Å². The molecule has 0 aromatic rings. The summed E-state index contributed by atoms with van der Waals surface area (Å²) in [5.41, 5.74) is -0.798. The fourth-order valence-corrected chi connectivity index (χ4v) is 1.14. The first-order valence-corrected chi connectivity index (χ1v) is 6.01. The van der Waals surface area contributed by atoms with Crippen LogP contribution in [0.2, 0.25) is 0 Å². The molecule has 1 atom stereocenters. The first kappa shape index (κ1) is 16.4. The van der Waals surface area contributed by atoms with E-state index in [0.29, 0.717) is 19.8 Å². The molecule has 0 saturated heterocycles. The number of hydrogen-bond donors (Lipinski definition) is 1. The van der Waals surface area contributed by atoms with Gasteiger partial charge in [-0.1, -0.05) is 0 Å². The summed E-state index contributed by atoms with van der Waals surface area (Å²) in [6.45, 7) is 9.11. The van der Waals surface area contributed by atoms with Crippen LogP contribution in [0.15, 0.2) is 0 Å². The van der Waals surface area contributed by atoms with Crippen molar-refractivity contribution in [3.63, 3.8) is 0 Å². The monoisotopic (exact) mass is 247 g/mol. The topological polar surface area (TPSA) is 56.8 Å². The molecule has 0 aromatic heterocycles. The van der Waals surface area contributed by atoms with E-state index in [4.69, 9.17) is 14.2 Å². The van der Waals surface area contributed by atoms with E-state index in [1.165, 1.54) is 0 Å². The number of hydrogen-bond acceptors (Lipinski definition) is 5. The van der Waals surface area contributed by atoms with Gasteiger partial charge in [-0.2, -0.15) is 0 Å². The molecular formula is C12H25NO4. The third-order valence-electron chi connectivity index (χ3n) is 2.35. The van der Waals surface area contributed by atoms with Crippen molar-refractivity contribution in [2.75, 3.05) is 33.5 Å². The maximum absolute atomic E-state index is 11.7. The van der Waals surface area contributed by atoms with E-state index < -0.39 is 5.54 Å². The van der Waals surface area contributed by atoms with Gasteiger partial charge in [-0.3, -0.25) is 0 Å². The number of rotatable bonds is 9. The van der Waals surface area contributed by atoms with Crippen LogP contribution in [0.3, 0.4) is 0 Å². The van der Waals surface area contributed by atoms with Gasteiger partial charge in [0.25, 0.3) is 0 Å². The second-order valence-corrected chi connectivity index (χ2v) is 4.27. The van der Waals surface area contributed by atoms with Crippen LogP contribution >= 0.6 is 0 Å². The SMILES string of the molecule is CCOC(=O)C(C)(COCCOC(C)C)NC. The van der Waals surface area contributed by atoms with Crippen LogP contribution in [0.5, 0.6) is 0 Å². The minimum absolute atomic E-state index is 0.194. The Balaban J connectivity index is 3.91. The lowest BCUT2D eigenvalue weighted by Gasteiger charge is -2.26. The fraction of sp³-hybridized carbons (Fsp3) is 0.917. The molecule has 0 amide bonds. The van der Waals surface area contributed by atoms with Gasteiger partial charge >= 0.3 is 5.97 Å². The fourth-order valence-electron chi connectivity index (χ4n) is 1.14. The summed E-state index contributed by atoms with van der Waals surface area (Å²) in [7, 11) is 1.71. The lowest BCUT2D eigenvalue weighted by Crippen LogP contribution is -2.52. The molecule has 1 unspecified atom stereocenters. The number of carbonyl (C=O) groups is 1. The molecule has 0 heterocycles. The first-order chi connectivity index (χ1) is 7.96. The minimum atomic E-state index is -0.798. The Morgan fingerprint density at radius 2 is 2.00 bits per heavy atom. The van der Waals surface area contributed by atoms with Crippen molar-refractivity contribution in [1.82, 2.24) is 5.32 Å². The number of likely N-dealkylation sites (N-methyl/N-ethyl adjacent to an activating group) is 1. The molecular weight excluding hydrogens is 222 g/mol. The highest BCUT2D eigenvalue weighted by Crippen LogP contribution is 2.07. The Morgan fingerprint density at radius 1 is 1.35 bits per heavy atom. The van der Waals surface area contributed by atoms with Gasteiger partial charge in [0.2, 0.25) is 0 Å². The molecule has 0 aliphatic rings. The zero-order valence-electron chi connectivity index (χ0n) is 11.5. The molecule has 0 bridgehead atoms. The van der Waals surface area contributed by atoms with Crippen LogP contribution in [0, 0.1) is 0 Å². The number of ether oxygens (including phenoxy) is 3. The number of nitrogens with one attached hydrogen (secondary N) is 1. The van der Waals surface area contributed by atoms with Crippen LogP contribution in [0.25, 0.3) is 0 Å².